The first kappa shape index (κ1) is 26.8. The monoisotopic (exact) mass is 493 g/mol. The maximum atomic E-state index is 9.67. The molecule has 1 heterocycles. The Bertz CT molecular complexity index is 731. The average Bonchev–Trinajstić information content (AvgIpc) is 3.09. The van der Waals surface area contributed by atoms with E-state index in [0.717, 1.165) is 49.4 Å². The second-order valence-electron chi connectivity index (χ2n) is 7.60. The standard InChI is InChI=1S/C17H24N3O2.C4H8NO2.Y/c1-20-9-8-17(7-6-13(19-18)11-16(17)20)12-4-5-14(21-2)15(10-12)22-3;5-3-1-2-4(6)7;/h4-5,10,16,18H,6-9,11H2,1-3H3;5H,1-3H2,(H,6,7);/q2*-1;/b19-13+;;/t16?,17-;;/m0../s1. The average molecular weight is 493 g/mol. The molecule has 3 rings (SSSR count). The third-order valence-corrected chi connectivity index (χ3v) is 6.05. The first-order valence-corrected chi connectivity index (χ1v) is 9.93. The Balaban J connectivity index is 0.000000489. The number of methoxy groups -OCH3 is 2. The van der Waals surface area contributed by atoms with Gasteiger partial charge in [0.05, 0.1) is 14.2 Å². The molecule has 1 aliphatic carbocycles. The third-order valence-electron chi connectivity index (χ3n) is 6.05. The molecule has 0 amide bonds. The molecule has 2 aliphatic rings. The fourth-order valence-electron chi connectivity index (χ4n) is 4.42. The summed E-state index contributed by atoms with van der Waals surface area (Å²) >= 11 is 0. The number of likely N-dealkylation sites (N-methyl/N-ethyl adjacent to an activating group) is 1. The number of nitrogens with one attached hydrogen (secondary N) is 2. The van der Waals surface area contributed by atoms with E-state index in [1.165, 1.54) is 5.56 Å². The number of hydrogen-bond donors (Lipinski definition) is 1. The maximum absolute atomic E-state index is 9.67. The number of rotatable bonds is 6. The molecule has 0 spiro atoms. The second kappa shape index (κ2) is 12.6. The largest absolute Gasteiger partial charge is 0.677 e. The topological polar surface area (TPSA) is 119 Å². The summed E-state index contributed by atoms with van der Waals surface area (Å²) in [4.78, 5) is 12.1. The molecule has 1 unspecified atom stereocenters. The Morgan fingerprint density at radius 2 is 2.00 bits per heavy atom. The minimum absolute atomic E-state index is 0. The molecule has 165 valence electrons. The number of aliphatic carboxylic acids is 1. The van der Waals surface area contributed by atoms with Gasteiger partial charge in [0.1, 0.15) is 0 Å². The third kappa shape index (κ3) is 6.16. The smallest absolute Gasteiger partial charge is 0.303 e. The van der Waals surface area contributed by atoms with Crippen LogP contribution in [-0.4, -0.2) is 62.1 Å². The molecule has 1 aromatic rings. The van der Waals surface area contributed by atoms with Crippen LogP contribution in [0.25, 0.3) is 11.6 Å². The molecule has 1 radical (unpaired) electrons. The summed E-state index contributed by atoms with van der Waals surface area (Å²) in [6, 6.07) is 6.74. The Labute approximate surface area is 204 Å². The van der Waals surface area contributed by atoms with E-state index in [4.69, 9.17) is 26.2 Å². The zero-order valence-corrected chi connectivity index (χ0v) is 20.9. The van der Waals surface area contributed by atoms with Crippen LogP contribution in [0.2, 0.25) is 0 Å². The van der Waals surface area contributed by atoms with Gasteiger partial charge in [-0.05, 0) is 56.3 Å². The van der Waals surface area contributed by atoms with Crippen LogP contribution in [-0.2, 0) is 42.9 Å². The van der Waals surface area contributed by atoms with Crippen LogP contribution in [0, 0.1) is 0 Å². The minimum atomic E-state index is -0.813. The number of carboxylic acid groups (broad SMARTS) is 1. The summed E-state index contributed by atoms with van der Waals surface area (Å²) in [5.74, 6) is 8.09. The fraction of sp³-hybridized carbons (Fsp3) is 0.619. The second-order valence-corrected chi connectivity index (χ2v) is 7.60. The number of hydrogen-bond acceptors (Lipinski definition) is 5. The van der Waals surface area contributed by atoms with E-state index in [1.54, 1.807) is 14.2 Å². The van der Waals surface area contributed by atoms with Crippen molar-refractivity contribution in [3.8, 4) is 11.5 Å². The van der Waals surface area contributed by atoms with Crippen molar-refractivity contribution in [3.05, 3.63) is 35.3 Å². The summed E-state index contributed by atoms with van der Waals surface area (Å²) in [5.41, 5.74) is 9.02. The molecule has 1 aromatic carbocycles. The predicted octanol–water partition coefficient (Wildman–Crippen LogP) is 4.14. The first-order valence-electron chi connectivity index (χ1n) is 9.93. The molecule has 9 heteroatoms. The molecule has 1 saturated heterocycles. The normalized spacial score (nSPS) is 24.3. The Kier molecular flexibility index (Phi) is 11.3. The number of ether oxygens (including phenoxy) is 2. The zero-order chi connectivity index (χ0) is 21.4. The van der Waals surface area contributed by atoms with Crippen LogP contribution >= 0.6 is 0 Å². The van der Waals surface area contributed by atoms with Crippen molar-refractivity contribution < 1.29 is 52.1 Å². The SMILES string of the molecule is COc1ccc([C@@]23CC/C(=N\[NH-])CC2N(C)CC3)cc1OC.[NH-]CCCC(=O)O.[Y]. The van der Waals surface area contributed by atoms with Crippen molar-refractivity contribution in [1.29, 1.82) is 0 Å². The molecule has 1 saturated carbocycles. The Morgan fingerprint density at radius 1 is 1.30 bits per heavy atom. The van der Waals surface area contributed by atoms with Crippen molar-refractivity contribution in [2.45, 2.75) is 50.0 Å². The predicted molar refractivity (Wildman–Crippen MR) is 114 cm³/mol. The Hall–Kier alpha value is -1.22. The van der Waals surface area contributed by atoms with Gasteiger partial charge in [0, 0.05) is 57.0 Å². The fourth-order valence-corrected chi connectivity index (χ4v) is 4.42. The first-order chi connectivity index (χ1) is 13.9. The van der Waals surface area contributed by atoms with Crippen LogP contribution in [0.3, 0.4) is 0 Å². The van der Waals surface area contributed by atoms with Gasteiger partial charge in [0.15, 0.2) is 11.5 Å². The van der Waals surface area contributed by atoms with Gasteiger partial charge in [-0.1, -0.05) is 12.5 Å². The van der Waals surface area contributed by atoms with E-state index in [9.17, 15) is 4.79 Å². The van der Waals surface area contributed by atoms with Crippen LogP contribution in [0.4, 0.5) is 0 Å². The molecule has 2 fully saturated rings. The van der Waals surface area contributed by atoms with Gasteiger partial charge < -0.3 is 36.2 Å². The summed E-state index contributed by atoms with van der Waals surface area (Å²) < 4.78 is 10.9. The molecule has 1 aliphatic heterocycles. The van der Waals surface area contributed by atoms with Crippen molar-refractivity contribution in [3.63, 3.8) is 0 Å². The van der Waals surface area contributed by atoms with E-state index >= 15 is 0 Å². The molecular formula is C21H32N4O4Y-2. The molecule has 3 N–H and O–H groups in total. The Morgan fingerprint density at radius 3 is 2.53 bits per heavy atom. The van der Waals surface area contributed by atoms with Crippen molar-refractivity contribution >= 4 is 11.7 Å². The van der Waals surface area contributed by atoms with Crippen LogP contribution in [0.15, 0.2) is 23.3 Å². The van der Waals surface area contributed by atoms with Crippen molar-refractivity contribution in [2.24, 2.45) is 5.10 Å². The van der Waals surface area contributed by atoms with E-state index in [-0.39, 0.29) is 51.1 Å². The zero-order valence-electron chi connectivity index (χ0n) is 18.1. The summed E-state index contributed by atoms with van der Waals surface area (Å²) in [5, 5.41) is 11.7. The molecular weight excluding hydrogens is 461 g/mol. The number of benzene rings is 1. The van der Waals surface area contributed by atoms with Crippen LogP contribution < -0.4 is 9.47 Å². The maximum Gasteiger partial charge on any atom is 0.303 e. The molecule has 30 heavy (non-hydrogen) atoms. The van der Waals surface area contributed by atoms with Gasteiger partial charge in [-0.25, -0.2) is 0 Å². The number of nitrogens with zero attached hydrogens (tertiary/aromatic N) is 2. The van der Waals surface area contributed by atoms with Crippen molar-refractivity contribution in [2.75, 3.05) is 34.4 Å². The van der Waals surface area contributed by atoms with E-state index in [1.807, 2.05) is 6.07 Å². The van der Waals surface area contributed by atoms with Gasteiger partial charge in [-0.2, -0.15) is 6.54 Å². The van der Waals surface area contributed by atoms with E-state index < -0.39 is 5.97 Å². The van der Waals surface area contributed by atoms with Gasteiger partial charge >= 0.3 is 5.97 Å². The van der Waals surface area contributed by atoms with Gasteiger partial charge in [0.25, 0.3) is 0 Å². The number of carboxylic acids is 1. The molecule has 2 atom stereocenters. The van der Waals surface area contributed by atoms with Crippen molar-refractivity contribution in [1.82, 2.24) is 4.90 Å². The number of carbonyl (C=O) groups is 1. The number of likely N-dealkylation sites (tertiary alicyclic amines) is 1. The minimum Gasteiger partial charge on any atom is -0.677 e. The quantitative estimate of drug-likeness (QED) is 0.598. The van der Waals surface area contributed by atoms with Gasteiger partial charge in [-0.3, -0.25) is 4.79 Å². The molecule has 0 aromatic heterocycles. The molecule has 0 bridgehead atoms. The van der Waals surface area contributed by atoms with E-state index in [0.29, 0.717) is 12.5 Å². The van der Waals surface area contributed by atoms with E-state index in [2.05, 4.69) is 29.2 Å². The van der Waals surface area contributed by atoms with Gasteiger partial charge in [0.2, 0.25) is 0 Å². The summed E-state index contributed by atoms with van der Waals surface area (Å²) in [7, 11) is 5.53. The summed E-state index contributed by atoms with van der Waals surface area (Å²) in [6.07, 6.45) is 4.61. The number of fused-ring (bicyclic) bond motifs is 1. The summed E-state index contributed by atoms with van der Waals surface area (Å²) in [6.45, 7) is 1.30. The van der Waals surface area contributed by atoms with Gasteiger partial charge in [-0.15, -0.1) is 0 Å². The van der Waals surface area contributed by atoms with Crippen LogP contribution in [0.1, 0.15) is 44.1 Å². The van der Waals surface area contributed by atoms with Crippen LogP contribution in [0.5, 0.6) is 11.5 Å². The molecule has 8 nitrogen and oxygen atoms in total.